The standard InChI is InChI=1S/C18H20ClN3O4/c19-14-7-9-15(10-8-14)26-13-3-6-18(23)21-12-11-20-16-4-1-2-5-17(16)22(24)25/h1-2,4-5,7-10,20H,3,6,11-13H2,(H,21,23). The van der Waals surface area contributed by atoms with Crippen LogP contribution in [0.15, 0.2) is 48.5 Å². The van der Waals surface area contributed by atoms with Crippen molar-refractivity contribution >= 4 is 28.9 Å². The number of halogens is 1. The number of para-hydroxylation sites is 2. The van der Waals surface area contributed by atoms with Gasteiger partial charge in [0.05, 0.1) is 11.5 Å². The number of rotatable bonds is 10. The third-order valence-electron chi connectivity index (χ3n) is 3.49. The van der Waals surface area contributed by atoms with E-state index in [1.807, 2.05) is 0 Å². The van der Waals surface area contributed by atoms with Gasteiger partial charge in [0.1, 0.15) is 11.4 Å². The maximum absolute atomic E-state index is 11.8. The molecule has 0 atom stereocenters. The van der Waals surface area contributed by atoms with Crippen LogP contribution in [0, 0.1) is 10.1 Å². The zero-order chi connectivity index (χ0) is 18.8. The summed E-state index contributed by atoms with van der Waals surface area (Å²) in [6.07, 6.45) is 0.936. The maximum Gasteiger partial charge on any atom is 0.292 e. The molecule has 8 heteroatoms. The highest BCUT2D eigenvalue weighted by Gasteiger charge is 2.11. The first-order chi connectivity index (χ1) is 12.6. The molecule has 0 unspecified atom stereocenters. The number of nitro benzene ring substituents is 1. The van der Waals surface area contributed by atoms with Gasteiger partial charge < -0.3 is 15.4 Å². The number of carbonyl (C=O) groups excluding carboxylic acids is 1. The maximum atomic E-state index is 11.8. The molecule has 2 aromatic carbocycles. The summed E-state index contributed by atoms with van der Waals surface area (Å²) in [6.45, 7) is 1.21. The number of nitrogens with one attached hydrogen (secondary N) is 2. The van der Waals surface area contributed by atoms with E-state index in [2.05, 4.69) is 10.6 Å². The molecule has 0 heterocycles. The Morgan fingerprint density at radius 2 is 1.85 bits per heavy atom. The number of nitro groups is 1. The van der Waals surface area contributed by atoms with Crippen LogP contribution in [0.1, 0.15) is 12.8 Å². The monoisotopic (exact) mass is 377 g/mol. The second-order valence-corrected chi connectivity index (χ2v) is 5.89. The molecular formula is C18H20ClN3O4. The van der Waals surface area contributed by atoms with Crippen molar-refractivity contribution in [1.29, 1.82) is 0 Å². The number of hydrogen-bond acceptors (Lipinski definition) is 5. The predicted octanol–water partition coefficient (Wildman–Crippen LogP) is 3.64. The van der Waals surface area contributed by atoms with E-state index in [1.54, 1.807) is 42.5 Å². The molecule has 0 bridgehead atoms. The van der Waals surface area contributed by atoms with Crippen molar-refractivity contribution in [2.24, 2.45) is 0 Å². The van der Waals surface area contributed by atoms with Crippen molar-refractivity contribution < 1.29 is 14.5 Å². The molecule has 0 radical (unpaired) electrons. The fourth-order valence-electron chi connectivity index (χ4n) is 2.22. The molecular weight excluding hydrogens is 358 g/mol. The number of anilines is 1. The lowest BCUT2D eigenvalue weighted by Gasteiger charge is -2.09. The minimum Gasteiger partial charge on any atom is -0.494 e. The predicted molar refractivity (Wildman–Crippen MR) is 101 cm³/mol. The number of nitrogens with zero attached hydrogens (tertiary/aromatic N) is 1. The Kier molecular flexibility index (Phi) is 7.70. The van der Waals surface area contributed by atoms with E-state index in [4.69, 9.17) is 16.3 Å². The molecule has 0 aliphatic heterocycles. The van der Waals surface area contributed by atoms with Gasteiger partial charge in [-0.15, -0.1) is 0 Å². The van der Waals surface area contributed by atoms with Crippen LogP contribution in [0.3, 0.4) is 0 Å². The van der Waals surface area contributed by atoms with E-state index >= 15 is 0 Å². The lowest BCUT2D eigenvalue weighted by molar-refractivity contribution is -0.384. The molecule has 2 N–H and O–H groups in total. The molecule has 138 valence electrons. The highest BCUT2D eigenvalue weighted by atomic mass is 35.5. The Bertz CT molecular complexity index is 737. The van der Waals surface area contributed by atoms with Crippen LogP contribution in [0.2, 0.25) is 5.02 Å². The molecule has 0 saturated heterocycles. The first-order valence-corrected chi connectivity index (χ1v) is 8.56. The van der Waals surface area contributed by atoms with Crippen molar-refractivity contribution in [1.82, 2.24) is 5.32 Å². The Balaban J connectivity index is 1.59. The Hall–Kier alpha value is -2.80. The molecule has 7 nitrogen and oxygen atoms in total. The van der Waals surface area contributed by atoms with Gasteiger partial charge >= 0.3 is 0 Å². The quantitative estimate of drug-likeness (QED) is 0.374. The van der Waals surface area contributed by atoms with Gasteiger partial charge in [-0.05, 0) is 36.8 Å². The largest absolute Gasteiger partial charge is 0.494 e. The minimum absolute atomic E-state index is 0.0122. The molecule has 1 amide bonds. The van der Waals surface area contributed by atoms with Gasteiger partial charge in [-0.25, -0.2) is 0 Å². The molecule has 0 saturated carbocycles. The molecule has 26 heavy (non-hydrogen) atoms. The van der Waals surface area contributed by atoms with Gasteiger partial charge in [-0.1, -0.05) is 23.7 Å². The van der Waals surface area contributed by atoms with Gasteiger partial charge in [-0.2, -0.15) is 0 Å². The Morgan fingerprint density at radius 3 is 2.58 bits per heavy atom. The summed E-state index contributed by atoms with van der Waals surface area (Å²) in [7, 11) is 0. The molecule has 0 fully saturated rings. The number of benzene rings is 2. The molecule has 2 rings (SSSR count). The number of amides is 1. The van der Waals surface area contributed by atoms with E-state index in [-0.39, 0.29) is 11.6 Å². The van der Waals surface area contributed by atoms with Crippen LogP contribution in [0.4, 0.5) is 11.4 Å². The lowest BCUT2D eigenvalue weighted by Crippen LogP contribution is -2.28. The average molecular weight is 378 g/mol. The highest BCUT2D eigenvalue weighted by Crippen LogP contribution is 2.22. The highest BCUT2D eigenvalue weighted by molar-refractivity contribution is 6.30. The third kappa shape index (κ3) is 6.60. The number of hydrogen-bond donors (Lipinski definition) is 2. The second kappa shape index (κ2) is 10.2. The SMILES string of the molecule is O=C(CCCOc1ccc(Cl)cc1)NCCNc1ccccc1[N+](=O)[O-]. The van der Waals surface area contributed by atoms with Gasteiger partial charge in [0.2, 0.25) is 5.91 Å². The summed E-state index contributed by atoms with van der Waals surface area (Å²) in [4.78, 5) is 22.2. The summed E-state index contributed by atoms with van der Waals surface area (Å²) >= 11 is 5.79. The Morgan fingerprint density at radius 1 is 1.12 bits per heavy atom. The normalized spacial score (nSPS) is 10.2. The Labute approximate surface area is 156 Å². The van der Waals surface area contributed by atoms with Gasteiger partial charge in [0.25, 0.3) is 5.69 Å². The lowest BCUT2D eigenvalue weighted by atomic mass is 10.2. The zero-order valence-electron chi connectivity index (χ0n) is 14.1. The molecule has 0 spiro atoms. The smallest absolute Gasteiger partial charge is 0.292 e. The first-order valence-electron chi connectivity index (χ1n) is 8.18. The molecule has 0 aromatic heterocycles. The van der Waals surface area contributed by atoms with Gasteiger partial charge in [-0.3, -0.25) is 14.9 Å². The van der Waals surface area contributed by atoms with E-state index in [0.29, 0.717) is 49.0 Å². The summed E-state index contributed by atoms with van der Waals surface area (Å²) in [5.74, 6) is 0.623. The van der Waals surface area contributed by atoms with Crippen LogP contribution in [0.5, 0.6) is 5.75 Å². The van der Waals surface area contributed by atoms with E-state index in [9.17, 15) is 14.9 Å². The number of carbonyl (C=O) groups is 1. The van der Waals surface area contributed by atoms with Crippen molar-refractivity contribution in [3.8, 4) is 5.75 Å². The third-order valence-corrected chi connectivity index (χ3v) is 3.75. The van der Waals surface area contributed by atoms with E-state index in [1.165, 1.54) is 6.07 Å². The minimum atomic E-state index is -0.443. The molecule has 0 aliphatic carbocycles. The van der Waals surface area contributed by atoms with Crippen LogP contribution in [-0.2, 0) is 4.79 Å². The van der Waals surface area contributed by atoms with Crippen LogP contribution in [-0.4, -0.2) is 30.5 Å². The first kappa shape index (κ1) is 19.5. The number of ether oxygens (including phenoxy) is 1. The van der Waals surface area contributed by atoms with E-state index in [0.717, 1.165) is 0 Å². The van der Waals surface area contributed by atoms with E-state index < -0.39 is 4.92 Å². The fraction of sp³-hybridized carbons (Fsp3) is 0.278. The average Bonchev–Trinajstić information content (AvgIpc) is 2.64. The molecule has 2 aromatic rings. The molecule has 0 aliphatic rings. The van der Waals surface area contributed by atoms with Crippen LogP contribution >= 0.6 is 11.6 Å². The van der Waals surface area contributed by atoms with Crippen LogP contribution in [0.25, 0.3) is 0 Å². The van der Waals surface area contributed by atoms with Crippen molar-refractivity contribution in [3.63, 3.8) is 0 Å². The fourth-order valence-corrected chi connectivity index (χ4v) is 2.35. The second-order valence-electron chi connectivity index (χ2n) is 5.46. The summed E-state index contributed by atoms with van der Waals surface area (Å²) in [6, 6.07) is 13.4. The summed E-state index contributed by atoms with van der Waals surface area (Å²) < 4.78 is 5.52. The summed E-state index contributed by atoms with van der Waals surface area (Å²) in [5, 5.41) is 17.3. The van der Waals surface area contributed by atoms with Gasteiger partial charge in [0.15, 0.2) is 0 Å². The van der Waals surface area contributed by atoms with Crippen molar-refractivity contribution in [2.45, 2.75) is 12.8 Å². The van der Waals surface area contributed by atoms with Crippen LogP contribution < -0.4 is 15.4 Å². The van der Waals surface area contributed by atoms with Gasteiger partial charge in [0, 0.05) is 30.6 Å². The topological polar surface area (TPSA) is 93.5 Å². The van der Waals surface area contributed by atoms with Crippen molar-refractivity contribution in [3.05, 3.63) is 63.7 Å². The summed E-state index contributed by atoms with van der Waals surface area (Å²) in [5.41, 5.74) is 0.446. The van der Waals surface area contributed by atoms with Crippen molar-refractivity contribution in [2.75, 3.05) is 25.0 Å². The zero-order valence-corrected chi connectivity index (χ0v) is 14.9.